The maximum Gasteiger partial charge on any atom is 0.142 e. The van der Waals surface area contributed by atoms with E-state index < -0.39 is 16.7 Å². The number of hydrogen-bond acceptors (Lipinski definition) is 2. The molecule has 12 heavy (non-hydrogen) atoms. The Bertz CT molecular complexity index is 327. The lowest BCUT2D eigenvalue weighted by molar-refractivity contribution is 0.321. The Hall–Kier alpha value is -1.16. The van der Waals surface area contributed by atoms with Gasteiger partial charge in [0.15, 0.2) is 0 Å². The lowest BCUT2D eigenvalue weighted by atomic mass is 10.2. The van der Waals surface area contributed by atoms with Gasteiger partial charge in [0.05, 0.1) is 16.8 Å². The Labute approximate surface area is 72.1 Å². The molecule has 0 saturated heterocycles. The van der Waals surface area contributed by atoms with E-state index in [0.29, 0.717) is 0 Å². The van der Waals surface area contributed by atoms with Crippen LogP contribution in [-0.4, -0.2) is 11.4 Å². The molecule has 0 aliphatic rings. The van der Waals surface area contributed by atoms with Crippen LogP contribution in [0.25, 0.3) is 0 Å². The van der Waals surface area contributed by atoms with Crippen LogP contribution in [0.1, 0.15) is 5.56 Å². The van der Waals surface area contributed by atoms with Crippen molar-refractivity contribution in [3.8, 4) is 0 Å². The van der Waals surface area contributed by atoms with Gasteiger partial charge in [0, 0.05) is 0 Å². The first-order chi connectivity index (χ1) is 5.66. The summed E-state index contributed by atoms with van der Waals surface area (Å²) in [5, 5.41) is 10.2. The van der Waals surface area contributed by atoms with E-state index >= 15 is 0 Å². The normalized spacial score (nSPS) is 10.9. The summed E-state index contributed by atoms with van der Waals surface area (Å²) >= 11 is 5.36. The van der Waals surface area contributed by atoms with E-state index in [9.17, 15) is 8.78 Å². The second-order valence-corrected chi connectivity index (χ2v) is 2.38. The molecular formula is C7H4ClF2NO. The van der Waals surface area contributed by atoms with E-state index in [2.05, 4.69) is 5.16 Å². The zero-order valence-corrected chi connectivity index (χ0v) is 6.52. The number of rotatable bonds is 1. The zero-order valence-electron chi connectivity index (χ0n) is 5.76. The zero-order chi connectivity index (χ0) is 9.14. The molecule has 0 amide bonds. The van der Waals surface area contributed by atoms with Crippen molar-refractivity contribution in [2.24, 2.45) is 5.16 Å². The molecule has 5 heteroatoms. The fourth-order valence-corrected chi connectivity index (χ4v) is 0.921. The summed E-state index contributed by atoms with van der Waals surface area (Å²) in [6, 6.07) is 1.80. The summed E-state index contributed by atoms with van der Waals surface area (Å²) in [6.45, 7) is 0. The van der Waals surface area contributed by atoms with Crippen molar-refractivity contribution in [3.05, 3.63) is 34.4 Å². The average Bonchev–Trinajstić information content (AvgIpc) is 2.06. The third kappa shape index (κ3) is 1.53. The molecule has 1 N–H and O–H groups in total. The third-order valence-electron chi connectivity index (χ3n) is 1.27. The van der Waals surface area contributed by atoms with Crippen LogP contribution in [0.4, 0.5) is 8.78 Å². The van der Waals surface area contributed by atoms with Gasteiger partial charge >= 0.3 is 0 Å². The van der Waals surface area contributed by atoms with Crippen LogP contribution < -0.4 is 0 Å². The first kappa shape index (κ1) is 8.93. The topological polar surface area (TPSA) is 32.6 Å². The minimum absolute atomic E-state index is 0.265. The lowest BCUT2D eigenvalue weighted by Gasteiger charge is -1.99. The molecule has 0 bridgehead atoms. The fraction of sp³-hybridized carbons (Fsp3) is 0. The summed E-state index contributed by atoms with van der Waals surface area (Å²) in [5.74, 6) is -1.49. The fourth-order valence-electron chi connectivity index (χ4n) is 0.719. The molecule has 0 heterocycles. The molecule has 2 nitrogen and oxygen atoms in total. The molecule has 1 aromatic rings. The largest absolute Gasteiger partial charge is 0.411 e. The van der Waals surface area contributed by atoms with E-state index in [4.69, 9.17) is 16.8 Å². The average molecular weight is 192 g/mol. The highest BCUT2D eigenvalue weighted by atomic mass is 35.5. The van der Waals surface area contributed by atoms with Crippen molar-refractivity contribution in [2.45, 2.75) is 0 Å². The number of hydrogen-bond donors (Lipinski definition) is 1. The highest BCUT2D eigenvalue weighted by molar-refractivity contribution is 6.33. The highest BCUT2D eigenvalue weighted by Gasteiger charge is 2.09. The van der Waals surface area contributed by atoms with Crippen LogP contribution in [0.5, 0.6) is 0 Å². The number of benzene rings is 1. The van der Waals surface area contributed by atoms with Crippen molar-refractivity contribution < 1.29 is 14.0 Å². The van der Waals surface area contributed by atoms with Gasteiger partial charge in [-0.2, -0.15) is 0 Å². The molecule has 1 aromatic carbocycles. The smallest absolute Gasteiger partial charge is 0.142 e. The van der Waals surface area contributed by atoms with Crippen molar-refractivity contribution >= 4 is 17.8 Å². The van der Waals surface area contributed by atoms with Gasteiger partial charge in [-0.3, -0.25) is 0 Å². The van der Waals surface area contributed by atoms with Crippen LogP contribution >= 0.6 is 11.6 Å². The second-order valence-electron chi connectivity index (χ2n) is 2.00. The molecule has 0 unspecified atom stereocenters. The molecule has 0 aliphatic heterocycles. The van der Waals surface area contributed by atoms with E-state index in [1.807, 2.05) is 0 Å². The van der Waals surface area contributed by atoms with Gasteiger partial charge < -0.3 is 5.21 Å². The van der Waals surface area contributed by atoms with Gasteiger partial charge in [-0.25, -0.2) is 8.78 Å². The summed E-state index contributed by atoms with van der Waals surface area (Å²) in [7, 11) is 0. The Morgan fingerprint density at radius 3 is 2.50 bits per heavy atom. The molecule has 0 fully saturated rings. The molecule has 1 rings (SSSR count). The molecular weight excluding hydrogens is 188 g/mol. The Balaban J connectivity index is 3.32. The van der Waals surface area contributed by atoms with Gasteiger partial charge in [-0.15, -0.1) is 0 Å². The molecule has 0 saturated carbocycles. The minimum atomic E-state index is -0.757. The molecule has 0 spiro atoms. The lowest BCUT2D eigenvalue weighted by Crippen LogP contribution is -1.92. The van der Waals surface area contributed by atoms with Crippen LogP contribution in [0.15, 0.2) is 17.3 Å². The maximum absolute atomic E-state index is 12.8. The Morgan fingerprint density at radius 2 is 1.92 bits per heavy atom. The standard InChI is InChI=1S/C7H4ClF2NO/c8-7-4(3-11-12)5(9)1-2-6(7)10/h1-3,12H. The van der Waals surface area contributed by atoms with Crippen LogP contribution in [-0.2, 0) is 0 Å². The SMILES string of the molecule is ON=Cc1c(F)ccc(F)c1Cl. The van der Waals surface area contributed by atoms with Gasteiger partial charge in [-0.1, -0.05) is 16.8 Å². The van der Waals surface area contributed by atoms with Crippen LogP contribution in [0.2, 0.25) is 5.02 Å². The molecule has 0 radical (unpaired) electrons. The number of oxime groups is 1. The van der Waals surface area contributed by atoms with Gasteiger partial charge in [0.1, 0.15) is 11.6 Å². The quantitative estimate of drug-likeness (QED) is 0.314. The van der Waals surface area contributed by atoms with Crippen molar-refractivity contribution in [2.75, 3.05) is 0 Å². The molecule has 0 atom stereocenters. The van der Waals surface area contributed by atoms with Crippen LogP contribution in [0.3, 0.4) is 0 Å². The van der Waals surface area contributed by atoms with E-state index in [-0.39, 0.29) is 5.56 Å². The van der Waals surface area contributed by atoms with Gasteiger partial charge in [0.2, 0.25) is 0 Å². The summed E-state index contributed by atoms with van der Waals surface area (Å²) < 4.78 is 25.4. The molecule has 0 aromatic heterocycles. The van der Waals surface area contributed by atoms with Gasteiger partial charge in [0.25, 0.3) is 0 Å². The Morgan fingerprint density at radius 1 is 1.33 bits per heavy atom. The number of halogens is 3. The third-order valence-corrected chi connectivity index (χ3v) is 1.65. The monoisotopic (exact) mass is 191 g/mol. The maximum atomic E-state index is 12.8. The summed E-state index contributed by atoms with van der Waals surface area (Å²) in [4.78, 5) is 0. The van der Waals surface area contributed by atoms with E-state index in [1.165, 1.54) is 0 Å². The summed E-state index contributed by atoms with van der Waals surface area (Å²) in [5.41, 5.74) is -0.265. The number of nitrogens with zero attached hydrogens (tertiary/aromatic N) is 1. The van der Waals surface area contributed by atoms with E-state index in [1.54, 1.807) is 0 Å². The van der Waals surface area contributed by atoms with Crippen molar-refractivity contribution in [1.82, 2.24) is 0 Å². The first-order valence-corrected chi connectivity index (χ1v) is 3.35. The van der Waals surface area contributed by atoms with Crippen molar-refractivity contribution in [1.29, 1.82) is 0 Å². The van der Waals surface area contributed by atoms with Crippen LogP contribution in [0, 0.1) is 11.6 Å². The van der Waals surface area contributed by atoms with E-state index in [0.717, 1.165) is 18.3 Å². The first-order valence-electron chi connectivity index (χ1n) is 2.97. The minimum Gasteiger partial charge on any atom is -0.411 e. The predicted octanol–water partition coefficient (Wildman–Crippen LogP) is 2.43. The summed E-state index contributed by atoms with van der Waals surface area (Å²) in [6.07, 6.45) is 0.737. The van der Waals surface area contributed by atoms with Gasteiger partial charge in [-0.05, 0) is 12.1 Å². The molecule has 0 aliphatic carbocycles. The second kappa shape index (κ2) is 3.49. The predicted molar refractivity (Wildman–Crippen MR) is 40.7 cm³/mol. The highest BCUT2D eigenvalue weighted by Crippen LogP contribution is 2.20. The molecule has 64 valence electrons. The Kier molecular flexibility index (Phi) is 2.60. The van der Waals surface area contributed by atoms with Crippen molar-refractivity contribution in [3.63, 3.8) is 0 Å².